The predicted molar refractivity (Wildman–Crippen MR) is 110 cm³/mol. The Morgan fingerprint density at radius 3 is 2.42 bits per heavy atom. The number of aromatic nitrogens is 5. The van der Waals surface area contributed by atoms with Gasteiger partial charge in [-0.2, -0.15) is 4.98 Å². The van der Waals surface area contributed by atoms with Gasteiger partial charge in [0.25, 0.3) is 0 Å². The molecule has 2 aliphatic rings. The van der Waals surface area contributed by atoms with Crippen molar-refractivity contribution >= 4 is 11.8 Å². The summed E-state index contributed by atoms with van der Waals surface area (Å²) >= 11 is 0. The second kappa shape index (κ2) is 7.75. The number of nitrogens with one attached hydrogen (secondary N) is 1. The molecule has 1 unspecified atom stereocenters. The van der Waals surface area contributed by atoms with Crippen molar-refractivity contribution in [2.75, 3.05) is 23.3 Å². The summed E-state index contributed by atoms with van der Waals surface area (Å²) in [6.07, 6.45) is 3.87. The Morgan fingerprint density at radius 2 is 1.74 bits per heavy atom. The summed E-state index contributed by atoms with van der Waals surface area (Å²) in [5, 5.41) is 7.84. The Bertz CT molecular complexity index is 1070. The number of benzene rings is 1. The number of nitrogens with zero attached hydrogens (tertiary/aromatic N) is 6. The smallest absolute Gasteiger partial charge is 0.321 e. The van der Waals surface area contributed by atoms with Crippen molar-refractivity contribution in [3.63, 3.8) is 0 Å². The fourth-order valence-corrected chi connectivity index (χ4v) is 4.62. The van der Waals surface area contributed by atoms with E-state index in [2.05, 4.69) is 30.3 Å². The molecule has 1 N–H and O–H groups in total. The monoisotopic (exact) mass is 427 g/mol. The van der Waals surface area contributed by atoms with Gasteiger partial charge in [-0.05, 0) is 31.6 Å². The van der Waals surface area contributed by atoms with Gasteiger partial charge in [0.15, 0.2) is 0 Å². The molecule has 2 aromatic heterocycles. The van der Waals surface area contributed by atoms with Crippen LogP contribution in [0.3, 0.4) is 0 Å². The summed E-state index contributed by atoms with van der Waals surface area (Å²) in [7, 11) is 1.68. The van der Waals surface area contributed by atoms with E-state index in [1.807, 2.05) is 13.0 Å². The molecule has 0 amide bonds. The van der Waals surface area contributed by atoms with Crippen molar-refractivity contribution in [1.29, 1.82) is 0 Å². The van der Waals surface area contributed by atoms with E-state index in [0.29, 0.717) is 17.8 Å². The van der Waals surface area contributed by atoms with Crippen molar-refractivity contribution in [2.24, 2.45) is 18.9 Å². The fraction of sp³-hybridized carbons (Fsp3) is 0.429. The molecule has 1 aliphatic carbocycles. The molecule has 3 atom stereocenters. The van der Waals surface area contributed by atoms with Crippen molar-refractivity contribution in [2.45, 2.75) is 25.8 Å². The van der Waals surface area contributed by atoms with Crippen molar-refractivity contribution in [3.05, 3.63) is 47.9 Å². The van der Waals surface area contributed by atoms with E-state index >= 15 is 0 Å². The van der Waals surface area contributed by atoms with Crippen LogP contribution in [0.4, 0.5) is 20.5 Å². The number of fused-ring (bicyclic) bond motifs is 2. The van der Waals surface area contributed by atoms with E-state index in [0.717, 1.165) is 55.6 Å². The standard InChI is InChI=1S/C21H23F2N7O/c1-12-5-18(25-11-24-12)30-9-13-3-4-14(10-30)19(13)26-20-27-21(29(2)28-20)31-17-7-15(22)6-16(23)8-17/h5-8,11,13-14,19H,3-4,9-10H2,1-2H3,(H,26,28)/t13-,14+,19?. The third kappa shape index (κ3) is 4.01. The quantitative estimate of drug-likeness (QED) is 0.669. The van der Waals surface area contributed by atoms with E-state index in [1.165, 1.54) is 4.68 Å². The van der Waals surface area contributed by atoms with Crippen LogP contribution in [0.25, 0.3) is 0 Å². The molecule has 3 aromatic rings. The van der Waals surface area contributed by atoms with Crippen LogP contribution < -0.4 is 15.0 Å². The lowest BCUT2D eigenvalue weighted by molar-refractivity contribution is 0.374. The largest absolute Gasteiger partial charge is 0.424 e. The molecule has 1 aliphatic heterocycles. The lowest BCUT2D eigenvalue weighted by atomic mass is 9.92. The predicted octanol–water partition coefficient (Wildman–Crippen LogP) is 3.31. The number of piperidine rings is 1. The molecule has 0 radical (unpaired) electrons. The molecule has 31 heavy (non-hydrogen) atoms. The summed E-state index contributed by atoms with van der Waals surface area (Å²) in [5.74, 6) is 0.919. The van der Waals surface area contributed by atoms with E-state index in [4.69, 9.17) is 4.74 Å². The van der Waals surface area contributed by atoms with E-state index in [-0.39, 0.29) is 17.8 Å². The number of hydrogen-bond acceptors (Lipinski definition) is 7. The van der Waals surface area contributed by atoms with Crippen LogP contribution in [0.5, 0.6) is 11.8 Å². The number of aryl methyl sites for hydroxylation is 2. The topological polar surface area (TPSA) is 81.0 Å². The first-order valence-electron chi connectivity index (χ1n) is 10.3. The first-order chi connectivity index (χ1) is 14.9. The minimum absolute atomic E-state index is 0.0353. The maximum Gasteiger partial charge on any atom is 0.321 e. The van der Waals surface area contributed by atoms with Gasteiger partial charge >= 0.3 is 6.01 Å². The van der Waals surface area contributed by atoms with Crippen LogP contribution in [0, 0.1) is 30.4 Å². The van der Waals surface area contributed by atoms with Crippen LogP contribution in [0.2, 0.25) is 0 Å². The first-order valence-corrected chi connectivity index (χ1v) is 10.3. The number of hydrogen-bond donors (Lipinski definition) is 1. The Morgan fingerprint density at radius 1 is 1.03 bits per heavy atom. The highest BCUT2D eigenvalue weighted by Gasteiger charge is 2.43. The Balaban J connectivity index is 1.28. The first kappa shape index (κ1) is 19.7. The maximum absolute atomic E-state index is 13.4. The molecule has 0 spiro atoms. The molecule has 5 rings (SSSR count). The molecule has 2 fully saturated rings. The molecule has 10 heteroatoms. The summed E-state index contributed by atoms with van der Waals surface area (Å²) in [6, 6.07) is 5.44. The molecule has 8 nitrogen and oxygen atoms in total. The van der Waals surface area contributed by atoms with E-state index in [1.54, 1.807) is 13.4 Å². The molecule has 2 bridgehead atoms. The summed E-state index contributed by atoms with van der Waals surface area (Å²) in [5.41, 5.74) is 0.959. The van der Waals surface area contributed by atoms with Crippen LogP contribution >= 0.6 is 0 Å². The van der Waals surface area contributed by atoms with Gasteiger partial charge in [0.1, 0.15) is 29.5 Å². The van der Waals surface area contributed by atoms with Crippen molar-refractivity contribution in [1.82, 2.24) is 24.7 Å². The normalized spacial score (nSPS) is 22.6. The summed E-state index contributed by atoms with van der Waals surface area (Å²) in [6.45, 7) is 3.78. The molecule has 162 valence electrons. The Labute approximate surface area is 178 Å². The van der Waals surface area contributed by atoms with Gasteiger partial charge in [-0.25, -0.2) is 23.4 Å². The number of ether oxygens (including phenoxy) is 1. The maximum atomic E-state index is 13.4. The van der Waals surface area contributed by atoms with Crippen LogP contribution in [0.15, 0.2) is 30.6 Å². The van der Waals surface area contributed by atoms with Crippen LogP contribution in [0.1, 0.15) is 18.5 Å². The van der Waals surface area contributed by atoms with Crippen molar-refractivity contribution in [3.8, 4) is 11.8 Å². The SMILES string of the molecule is Cc1cc(N2C[C@H]3CC[C@@H](C2)C3Nc2nc(Oc3cc(F)cc(F)c3)n(C)n2)ncn1. The third-order valence-corrected chi connectivity index (χ3v) is 6.01. The lowest BCUT2D eigenvalue weighted by Crippen LogP contribution is -2.48. The average molecular weight is 427 g/mol. The van der Waals surface area contributed by atoms with Gasteiger partial charge < -0.3 is 15.0 Å². The molecular formula is C21H23F2N7O. The minimum Gasteiger partial charge on any atom is -0.424 e. The second-order valence-electron chi connectivity index (χ2n) is 8.24. The summed E-state index contributed by atoms with van der Waals surface area (Å²) < 4.78 is 33.8. The van der Waals surface area contributed by atoms with Crippen molar-refractivity contribution < 1.29 is 13.5 Å². The van der Waals surface area contributed by atoms with Gasteiger partial charge in [-0.1, -0.05) is 0 Å². The highest BCUT2D eigenvalue weighted by atomic mass is 19.1. The highest BCUT2D eigenvalue weighted by molar-refractivity contribution is 5.42. The fourth-order valence-electron chi connectivity index (χ4n) is 4.62. The van der Waals surface area contributed by atoms with Gasteiger partial charge in [0, 0.05) is 56.1 Å². The second-order valence-corrected chi connectivity index (χ2v) is 8.24. The van der Waals surface area contributed by atoms with Gasteiger partial charge in [0.05, 0.1) is 0 Å². The highest BCUT2D eigenvalue weighted by Crippen LogP contribution is 2.39. The van der Waals surface area contributed by atoms with E-state index < -0.39 is 11.6 Å². The van der Waals surface area contributed by atoms with Crippen LogP contribution in [-0.4, -0.2) is 43.9 Å². The van der Waals surface area contributed by atoms with Gasteiger partial charge in [-0.3, -0.25) is 0 Å². The minimum atomic E-state index is -0.710. The van der Waals surface area contributed by atoms with Gasteiger partial charge in [-0.15, -0.1) is 5.10 Å². The van der Waals surface area contributed by atoms with E-state index in [9.17, 15) is 8.78 Å². The molecule has 1 saturated heterocycles. The zero-order valence-electron chi connectivity index (χ0n) is 17.3. The Hall–Kier alpha value is -3.30. The molecule has 1 saturated carbocycles. The summed E-state index contributed by atoms with van der Waals surface area (Å²) in [4.78, 5) is 15.3. The average Bonchev–Trinajstić information content (AvgIpc) is 3.15. The number of anilines is 2. The molecule has 1 aromatic carbocycles. The number of halogens is 2. The third-order valence-electron chi connectivity index (χ3n) is 6.01. The zero-order chi connectivity index (χ0) is 21.5. The lowest BCUT2D eigenvalue weighted by Gasteiger charge is -2.38. The van der Waals surface area contributed by atoms with Crippen LogP contribution in [-0.2, 0) is 7.05 Å². The molecular weight excluding hydrogens is 404 g/mol. The number of rotatable bonds is 5. The molecule has 3 heterocycles. The Kier molecular flexibility index (Phi) is 4.91. The zero-order valence-corrected chi connectivity index (χ0v) is 17.3. The van der Waals surface area contributed by atoms with Gasteiger partial charge in [0.2, 0.25) is 5.95 Å².